The summed E-state index contributed by atoms with van der Waals surface area (Å²) < 4.78 is 0. The van der Waals surface area contributed by atoms with Crippen LogP contribution >= 0.6 is 11.3 Å². The molecule has 0 atom stereocenters. The van der Waals surface area contributed by atoms with Crippen molar-refractivity contribution in [2.45, 2.75) is 33.7 Å². The normalized spacial score (nSPS) is 18.2. The van der Waals surface area contributed by atoms with Gasteiger partial charge in [-0.2, -0.15) is 0 Å². The molecule has 0 amide bonds. The zero-order valence-corrected chi connectivity index (χ0v) is 10.0. The Morgan fingerprint density at radius 3 is 3.00 bits per heavy atom. The highest BCUT2D eigenvalue weighted by Crippen LogP contribution is 2.24. The van der Waals surface area contributed by atoms with E-state index in [0.717, 1.165) is 6.54 Å². The molecule has 1 aromatic heterocycles. The van der Waals surface area contributed by atoms with E-state index >= 15 is 0 Å². The van der Waals surface area contributed by atoms with Gasteiger partial charge < -0.3 is 0 Å². The lowest BCUT2D eigenvalue weighted by Gasteiger charge is -2.32. The van der Waals surface area contributed by atoms with Crippen molar-refractivity contribution in [1.82, 2.24) is 9.88 Å². The van der Waals surface area contributed by atoms with Crippen molar-refractivity contribution in [3.63, 3.8) is 0 Å². The Balaban J connectivity index is 2.01. The lowest BCUT2D eigenvalue weighted by Crippen LogP contribution is -2.36. The van der Waals surface area contributed by atoms with Crippen molar-refractivity contribution in [3.8, 4) is 0 Å². The van der Waals surface area contributed by atoms with E-state index in [1.807, 2.05) is 16.8 Å². The van der Waals surface area contributed by atoms with E-state index in [-0.39, 0.29) is 0 Å². The molecule has 0 aliphatic carbocycles. The van der Waals surface area contributed by atoms with Crippen molar-refractivity contribution in [1.29, 1.82) is 0 Å². The summed E-state index contributed by atoms with van der Waals surface area (Å²) in [6.07, 6.45) is 1.19. The van der Waals surface area contributed by atoms with Crippen molar-refractivity contribution in [3.05, 3.63) is 16.1 Å². The SMILES string of the molecule is CC(C)(C)CN1CCc2scnc2C1. The fourth-order valence-electron chi connectivity index (χ4n) is 1.98. The highest BCUT2D eigenvalue weighted by atomic mass is 32.1. The van der Waals surface area contributed by atoms with Crippen LogP contribution in [0.4, 0.5) is 0 Å². The van der Waals surface area contributed by atoms with Crippen molar-refractivity contribution in [2.75, 3.05) is 13.1 Å². The summed E-state index contributed by atoms with van der Waals surface area (Å²) in [7, 11) is 0. The molecule has 0 saturated heterocycles. The van der Waals surface area contributed by atoms with Gasteiger partial charge in [-0.3, -0.25) is 4.90 Å². The number of hydrogen-bond acceptors (Lipinski definition) is 3. The van der Waals surface area contributed by atoms with E-state index in [2.05, 4.69) is 30.7 Å². The Labute approximate surface area is 90.0 Å². The Hall–Kier alpha value is -0.410. The minimum absolute atomic E-state index is 0.396. The summed E-state index contributed by atoms with van der Waals surface area (Å²) in [5, 5.41) is 0. The number of fused-ring (bicyclic) bond motifs is 1. The third kappa shape index (κ3) is 2.34. The van der Waals surface area contributed by atoms with E-state index in [9.17, 15) is 0 Å². The van der Waals surface area contributed by atoms with Gasteiger partial charge in [0, 0.05) is 24.5 Å². The van der Waals surface area contributed by atoms with Crippen molar-refractivity contribution in [2.24, 2.45) is 5.41 Å². The van der Waals surface area contributed by atoms with Gasteiger partial charge in [0.25, 0.3) is 0 Å². The molecule has 0 radical (unpaired) electrons. The summed E-state index contributed by atoms with van der Waals surface area (Å²) in [5.41, 5.74) is 3.68. The molecule has 2 heterocycles. The molecule has 14 heavy (non-hydrogen) atoms. The number of hydrogen-bond donors (Lipinski definition) is 0. The number of nitrogens with zero attached hydrogens (tertiary/aromatic N) is 2. The van der Waals surface area contributed by atoms with Crippen LogP contribution in [0.25, 0.3) is 0 Å². The molecule has 0 fully saturated rings. The topological polar surface area (TPSA) is 16.1 Å². The quantitative estimate of drug-likeness (QED) is 0.708. The zero-order chi connectivity index (χ0) is 10.2. The first kappa shape index (κ1) is 10.1. The van der Waals surface area contributed by atoms with Gasteiger partial charge in [-0.1, -0.05) is 20.8 Å². The van der Waals surface area contributed by atoms with Crippen LogP contribution in [0.3, 0.4) is 0 Å². The second-order valence-corrected chi connectivity index (χ2v) is 6.18. The molecule has 0 spiro atoms. The fraction of sp³-hybridized carbons (Fsp3) is 0.727. The van der Waals surface area contributed by atoms with Crippen LogP contribution in [-0.4, -0.2) is 23.0 Å². The van der Waals surface area contributed by atoms with Gasteiger partial charge in [0.1, 0.15) is 0 Å². The maximum absolute atomic E-state index is 4.41. The number of rotatable bonds is 1. The van der Waals surface area contributed by atoms with E-state index < -0.39 is 0 Å². The van der Waals surface area contributed by atoms with Crippen LogP contribution in [-0.2, 0) is 13.0 Å². The molecule has 1 aromatic rings. The highest BCUT2D eigenvalue weighted by Gasteiger charge is 2.22. The molecule has 2 nitrogen and oxygen atoms in total. The van der Waals surface area contributed by atoms with Crippen LogP contribution < -0.4 is 0 Å². The predicted octanol–water partition coefficient (Wildman–Crippen LogP) is 2.55. The number of aromatic nitrogens is 1. The molecule has 78 valence electrons. The first-order chi connectivity index (χ1) is 6.54. The molecule has 3 heteroatoms. The first-order valence-corrected chi connectivity index (χ1v) is 6.06. The maximum Gasteiger partial charge on any atom is 0.0798 e. The van der Waals surface area contributed by atoms with Gasteiger partial charge in [-0.05, 0) is 11.8 Å². The standard InChI is InChI=1S/C11H18N2S/c1-11(2,3)7-13-5-4-10-9(6-13)12-8-14-10/h8H,4-7H2,1-3H3. The van der Waals surface area contributed by atoms with Crippen LogP contribution in [0.5, 0.6) is 0 Å². The monoisotopic (exact) mass is 210 g/mol. The molecule has 0 bridgehead atoms. The molecule has 0 N–H and O–H groups in total. The van der Waals surface area contributed by atoms with Crippen molar-refractivity contribution >= 4 is 11.3 Å². The maximum atomic E-state index is 4.41. The molecule has 2 rings (SSSR count). The molecular formula is C11H18N2S. The smallest absolute Gasteiger partial charge is 0.0798 e. The summed E-state index contributed by atoms with van der Waals surface area (Å²) in [6, 6.07) is 0. The Kier molecular flexibility index (Phi) is 2.62. The van der Waals surface area contributed by atoms with Crippen LogP contribution in [0, 0.1) is 5.41 Å². The summed E-state index contributed by atoms with van der Waals surface area (Å²) in [6.45, 7) is 10.3. The van der Waals surface area contributed by atoms with Gasteiger partial charge in [0.05, 0.1) is 11.2 Å². The van der Waals surface area contributed by atoms with Gasteiger partial charge in [-0.15, -0.1) is 11.3 Å². The second kappa shape index (κ2) is 3.63. The minimum atomic E-state index is 0.396. The van der Waals surface area contributed by atoms with Crippen LogP contribution in [0.1, 0.15) is 31.3 Å². The molecule has 0 unspecified atom stereocenters. The van der Waals surface area contributed by atoms with Gasteiger partial charge >= 0.3 is 0 Å². The lowest BCUT2D eigenvalue weighted by atomic mass is 9.95. The Morgan fingerprint density at radius 1 is 1.50 bits per heavy atom. The van der Waals surface area contributed by atoms with Gasteiger partial charge in [0.2, 0.25) is 0 Å². The van der Waals surface area contributed by atoms with E-state index in [1.165, 1.54) is 30.1 Å². The van der Waals surface area contributed by atoms with Gasteiger partial charge in [-0.25, -0.2) is 4.98 Å². The second-order valence-electron chi connectivity index (χ2n) is 5.24. The third-order valence-electron chi connectivity index (χ3n) is 2.45. The highest BCUT2D eigenvalue weighted by molar-refractivity contribution is 7.09. The average Bonchev–Trinajstić information content (AvgIpc) is 2.47. The lowest BCUT2D eigenvalue weighted by molar-refractivity contribution is 0.176. The molecule has 1 aliphatic rings. The van der Waals surface area contributed by atoms with Crippen molar-refractivity contribution < 1.29 is 0 Å². The summed E-state index contributed by atoms with van der Waals surface area (Å²) >= 11 is 1.81. The minimum Gasteiger partial charge on any atom is -0.297 e. The number of thiazole rings is 1. The van der Waals surface area contributed by atoms with E-state index in [4.69, 9.17) is 0 Å². The summed E-state index contributed by atoms with van der Waals surface area (Å²) in [4.78, 5) is 8.43. The molecular weight excluding hydrogens is 192 g/mol. The average molecular weight is 210 g/mol. The molecule has 0 aromatic carbocycles. The van der Waals surface area contributed by atoms with Crippen LogP contribution in [0.15, 0.2) is 5.51 Å². The third-order valence-corrected chi connectivity index (χ3v) is 3.39. The first-order valence-electron chi connectivity index (χ1n) is 5.18. The molecule has 1 aliphatic heterocycles. The van der Waals surface area contributed by atoms with Gasteiger partial charge in [0.15, 0.2) is 0 Å². The summed E-state index contributed by atoms with van der Waals surface area (Å²) in [5.74, 6) is 0. The Morgan fingerprint density at radius 2 is 2.29 bits per heavy atom. The zero-order valence-electron chi connectivity index (χ0n) is 9.21. The van der Waals surface area contributed by atoms with E-state index in [0.29, 0.717) is 5.41 Å². The molecule has 0 saturated carbocycles. The van der Waals surface area contributed by atoms with E-state index in [1.54, 1.807) is 0 Å². The largest absolute Gasteiger partial charge is 0.297 e. The Bertz CT molecular complexity index is 311. The fourth-order valence-corrected chi connectivity index (χ4v) is 2.75. The predicted molar refractivity (Wildman–Crippen MR) is 60.6 cm³/mol. The van der Waals surface area contributed by atoms with Crippen LogP contribution in [0.2, 0.25) is 0 Å².